The average Bonchev–Trinajstić information content (AvgIpc) is 1.94. The molecule has 2 nitrogen and oxygen atoms in total. The van der Waals surface area contributed by atoms with E-state index in [1.807, 2.05) is 47.8 Å². The molecule has 0 aliphatic heterocycles. The Morgan fingerprint density at radius 1 is 1.07 bits per heavy atom. The number of carbonyl (C=O) groups is 1. The molecule has 87 valence electrons. The van der Waals surface area contributed by atoms with E-state index in [9.17, 15) is 9.59 Å². The summed E-state index contributed by atoms with van der Waals surface area (Å²) in [5.74, 6) is -0.531. The lowest BCUT2D eigenvalue weighted by Crippen LogP contribution is -2.25. The van der Waals surface area contributed by atoms with Crippen molar-refractivity contribution in [1.82, 2.24) is 0 Å². The standard InChI is InChI=1S/C13H23O2/c1-12(2,3)7-10(9-14)11(15)8-13(4,5)6/h10H,7-8H2,1-6H3. The summed E-state index contributed by atoms with van der Waals surface area (Å²) in [7, 11) is 0. The Morgan fingerprint density at radius 2 is 1.53 bits per heavy atom. The maximum atomic E-state index is 11.8. The first-order valence-electron chi connectivity index (χ1n) is 5.45. The second-order valence-corrected chi connectivity index (χ2v) is 6.64. The molecule has 0 fully saturated rings. The first-order valence-corrected chi connectivity index (χ1v) is 5.45. The van der Waals surface area contributed by atoms with Crippen LogP contribution in [0.15, 0.2) is 0 Å². The molecule has 0 saturated heterocycles. The van der Waals surface area contributed by atoms with Crippen LogP contribution in [0.1, 0.15) is 54.4 Å². The van der Waals surface area contributed by atoms with Gasteiger partial charge < -0.3 is 0 Å². The van der Waals surface area contributed by atoms with Crippen LogP contribution in [0.3, 0.4) is 0 Å². The normalized spacial score (nSPS) is 14.8. The van der Waals surface area contributed by atoms with E-state index in [-0.39, 0.29) is 16.6 Å². The molecule has 0 aromatic carbocycles. The van der Waals surface area contributed by atoms with Crippen molar-refractivity contribution in [2.45, 2.75) is 54.4 Å². The first-order chi connectivity index (χ1) is 6.55. The van der Waals surface area contributed by atoms with E-state index in [2.05, 4.69) is 0 Å². The lowest BCUT2D eigenvalue weighted by Gasteiger charge is -2.24. The average molecular weight is 211 g/mol. The fraction of sp³-hybridized carbons (Fsp3) is 0.846. The molecule has 0 saturated carbocycles. The molecule has 1 radical (unpaired) electrons. The molecular formula is C13H23O2. The van der Waals surface area contributed by atoms with Crippen molar-refractivity contribution >= 4 is 12.1 Å². The smallest absolute Gasteiger partial charge is 0.209 e. The zero-order chi connectivity index (χ0) is 12.3. The number of carbonyl (C=O) groups excluding carboxylic acids is 2. The van der Waals surface area contributed by atoms with Crippen molar-refractivity contribution in [3.63, 3.8) is 0 Å². The molecule has 0 N–H and O–H groups in total. The van der Waals surface area contributed by atoms with Crippen LogP contribution in [-0.4, -0.2) is 12.1 Å². The van der Waals surface area contributed by atoms with Crippen LogP contribution in [0.5, 0.6) is 0 Å². The summed E-state index contributed by atoms with van der Waals surface area (Å²) in [5.41, 5.74) is -0.0559. The van der Waals surface area contributed by atoms with Gasteiger partial charge in [-0.3, -0.25) is 9.59 Å². The summed E-state index contributed by atoms with van der Waals surface area (Å²) in [5, 5.41) is 0. The van der Waals surface area contributed by atoms with Crippen molar-refractivity contribution in [3.8, 4) is 0 Å². The number of rotatable bonds is 4. The van der Waals surface area contributed by atoms with E-state index in [0.717, 1.165) is 0 Å². The fourth-order valence-electron chi connectivity index (χ4n) is 1.48. The highest BCUT2D eigenvalue weighted by Gasteiger charge is 2.27. The Labute approximate surface area is 93.4 Å². The highest BCUT2D eigenvalue weighted by molar-refractivity contribution is 5.93. The lowest BCUT2D eigenvalue weighted by molar-refractivity contribution is -0.123. The molecule has 0 spiro atoms. The minimum Gasteiger partial charge on any atom is -0.299 e. The molecule has 0 aliphatic carbocycles. The van der Waals surface area contributed by atoms with E-state index in [4.69, 9.17) is 0 Å². The predicted molar refractivity (Wildman–Crippen MR) is 62.3 cm³/mol. The maximum absolute atomic E-state index is 11.8. The van der Waals surface area contributed by atoms with Crippen molar-refractivity contribution in [2.75, 3.05) is 0 Å². The fourth-order valence-corrected chi connectivity index (χ4v) is 1.48. The third-order valence-electron chi connectivity index (χ3n) is 2.05. The van der Waals surface area contributed by atoms with Gasteiger partial charge in [-0.05, 0) is 17.3 Å². The van der Waals surface area contributed by atoms with E-state index < -0.39 is 5.92 Å². The van der Waals surface area contributed by atoms with Gasteiger partial charge in [-0.1, -0.05) is 41.5 Å². The van der Waals surface area contributed by atoms with Gasteiger partial charge in [0.2, 0.25) is 6.29 Å². The molecule has 2 heteroatoms. The van der Waals surface area contributed by atoms with Crippen LogP contribution in [0.2, 0.25) is 0 Å². The van der Waals surface area contributed by atoms with Crippen LogP contribution < -0.4 is 0 Å². The van der Waals surface area contributed by atoms with Crippen molar-refractivity contribution in [1.29, 1.82) is 0 Å². The molecule has 1 atom stereocenters. The van der Waals surface area contributed by atoms with Crippen LogP contribution in [0.25, 0.3) is 0 Å². The van der Waals surface area contributed by atoms with Crippen molar-refractivity contribution < 1.29 is 9.59 Å². The van der Waals surface area contributed by atoms with Crippen LogP contribution in [0.4, 0.5) is 0 Å². The number of Topliss-reactive ketones (excluding diaryl/α,β-unsaturated/α-hetero) is 1. The topological polar surface area (TPSA) is 34.1 Å². The highest BCUT2D eigenvalue weighted by Crippen LogP contribution is 2.27. The van der Waals surface area contributed by atoms with Crippen molar-refractivity contribution in [3.05, 3.63) is 0 Å². The van der Waals surface area contributed by atoms with Gasteiger partial charge in [-0.15, -0.1) is 0 Å². The summed E-state index contributed by atoms with van der Waals surface area (Å²) in [4.78, 5) is 22.6. The summed E-state index contributed by atoms with van der Waals surface area (Å²) >= 11 is 0. The van der Waals surface area contributed by atoms with Crippen LogP contribution in [0, 0.1) is 16.7 Å². The number of ketones is 1. The van der Waals surface area contributed by atoms with Gasteiger partial charge in [-0.25, -0.2) is 0 Å². The SMILES string of the molecule is CC(C)(C)CC(=O)C([C]=O)CC(C)(C)C. The zero-order valence-electron chi connectivity index (χ0n) is 10.8. The highest BCUT2D eigenvalue weighted by atomic mass is 16.1. The number of hydrogen-bond donors (Lipinski definition) is 0. The molecule has 0 aromatic rings. The summed E-state index contributed by atoms with van der Waals surface area (Å²) in [6.45, 7) is 12.1. The predicted octanol–water partition coefficient (Wildman–Crippen LogP) is 3.15. The third kappa shape index (κ3) is 7.29. The monoisotopic (exact) mass is 211 g/mol. The second-order valence-electron chi connectivity index (χ2n) is 6.64. The largest absolute Gasteiger partial charge is 0.299 e. The Morgan fingerprint density at radius 3 is 1.80 bits per heavy atom. The van der Waals surface area contributed by atoms with E-state index in [1.54, 1.807) is 0 Å². The van der Waals surface area contributed by atoms with E-state index in [1.165, 1.54) is 0 Å². The van der Waals surface area contributed by atoms with Crippen LogP contribution >= 0.6 is 0 Å². The Kier molecular flexibility index (Phi) is 4.69. The molecule has 0 bridgehead atoms. The molecule has 1 unspecified atom stereocenters. The first kappa shape index (κ1) is 14.3. The molecular weight excluding hydrogens is 188 g/mol. The second kappa shape index (κ2) is 4.91. The molecule has 0 aromatic heterocycles. The van der Waals surface area contributed by atoms with Gasteiger partial charge in [-0.2, -0.15) is 0 Å². The summed E-state index contributed by atoms with van der Waals surface area (Å²) in [6, 6.07) is 0. The third-order valence-corrected chi connectivity index (χ3v) is 2.05. The molecule has 15 heavy (non-hydrogen) atoms. The zero-order valence-corrected chi connectivity index (χ0v) is 10.8. The van der Waals surface area contributed by atoms with Gasteiger partial charge in [0.15, 0.2) is 0 Å². The minimum atomic E-state index is -0.552. The Balaban J connectivity index is 4.43. The molecule has 0 heterocycles. The van der Waals surface area contributed by atoms with Gasteiger partial charge in [0, 0.05) is 6.42 Å². The molecule has 0 rings (SSSR count). The molecule has 0 aliphatic rings. The van der Waals surface area contributed by atoms with Crippen molar-refractivity contribution in [2.24, 2.45) is 16.7 Å². The summed E-state index contributed by atoms with van der Waals surface area (Å²) < 4.78 is 0. The minimum absolute atomic E-state index is 0.00434. The summed E-state index contributed by atoms with van der Waals surface area (Å²) in [6.07, 6.45) is 2.92. The Hall–Kier alpha value is -0.660. The number of hydrogen-bond acceptors (Lipinski definition) is 2. The molecule has 0 amide bonds. The quantitative estimate of drug-likeness (QED) is 0.669. The Bertz CT molecular complexity index is 228. The lowest BCUT2D eigenvalue weighted by atomic mass is 9.79. The van der Waals surface area contributed by atoms with E-state index >= 15 is 0 Å². The van der Waals surface area contributed by atoms with E-state index in [0.29, 0.717) is 12.8 Å². The van der Waals surface area contributed by atoms with Gasteiger partial charge in [0.1, 0.15) is 5.78 Å². The van der Waals surface area contributed by atoms with Gasteiger partial charge in [0.05, 0.1) is 5.92 Å². The van der Waals surface area contributed by atoms with Crippen LogP contribution in [-0.2, 0) is 9.59 Å². The van der Waals surface area contributed by atoms with Gasteiger partial charge >= 0.3 is 0 Å². The maximum Gasteiger partial charge on any atom is 0.209 e. The van der Waals surface area contributed by atoms with Gasteiger partial charge in [0.25, 0.3) is 0 Å².